The standard InChI is InChI=1S/C16H26N2O2S/c1-14-7-6-10-16(11-14,13-17)18(2)21(19,20)12-15-8-4-3-5-9-15/h3-5,8-9,14H,6-7,10-13,17H2,1-2H3. The van der Waals surface area contributed by atoms with Crippen molar-refractivity contribution in [3.05, 3.63) is 35.9 Å². The van der Waals surface area contributed by atoms with Gasteiger partial charge in [-0.1, -0.05) is 50.1 Å². The van der Waals surface area contributed by atoms with Crippen LogP contribution in [-0.4, -0.2) is 31.9 Å². The third kappa shape index (κ3) is 3.65. The van der Waals surface area contributed by atoms with Crippen LogP contribution in [-0.2, 0) is 15.8 Å². The van der Waals surface area contributed by atoms with Crippen molar-refractivity contribution in [2.45, 2.75) is 43.9 Å². The van der Waals surface area contributed by atoms with Crippen molar-refractivity contribution in [2.24, 2.45) is 11.7 Å². The molecule has 5 heteroatoms. The molecule has 2 N–H and O–H groups in total. The molecular formula is C16H26N2O2S. The minimum absolute atomic E-state index is 0.0421. The van der Waals surface area contributed by atoms with Crippen molar-refractivity contribution in [3.8, 4) is 0 Å². The molecule has 118 valence electrons. The molecule has 1 aromatic carbocycles. The molecule has 2 rings (SSSR count). The maximum atomic E-state index is 12.7. The van der Waals surface area contributed by atoms with Crippen LogP contribution in [0.15, 0.2) is 30.3 Å². The van der Waals surface area contributed by atoms with Gasteiger partial charge in [-0.05, 0) is 24.3 Å². The molecule has 0 aromatic heterocycles. The van der Waals surface area contributed by atoms with Crippen LogP contribution < -0.4 is 5.73 Å². The first-order chi connectivity index (χ1) is 9.89. The van der Waals surface area contributed by atoms with Crippen molar-refractivity contribution >= 4 is 10.0 Å². The van der Waals surface area contributed by atoms with Crippen LogP contribution >= 0.6 is 0 Å². The summed E-state index contributed by atoms with van der Waals surface area (Å²) in [5, 5.41) is 0. The summed E-state index contributed by atoms with van der Waals surface area (Å²) in [6.07, 6.45) is 3.92. The van der Waals surface area contributed by atoms with Gasteiger partial charge in [0.15, 0.2) is 0 Å². The Kier molecular flexibility index (Phi) is 5.07. The zero-order chi connectivity index (χ0) is 15.5. The minimum atomic E-state index is -3.35. The highest BCUT2D eigenvalue weighted by atomic mass is 32.2. The second kappa shape index (κ2) is 6.46. The van der Waals surface area contributed by atoms with Crippen molar-refractivity contribution in [1.82, 2.24) is 4.31 Å². The van der Waals surface area contributed by atoms with E-state index in [1.54, 1.807) is 11.4 Å². The topological polar surface area (TPSA) is 63.4 Å². The quantitative estimate of drug-likeness (QED) is 0.908. The van der Waals surface area contributed by atoms with Crippen LogP contribution in [0.3, 0.4) is 0 Å². The van der Waals surface area contributed by atoms with E-state index in [9.17, 15) is 8.42 Å². The molecule has 2 unspecified atom stereocenters. The molecule has 1 aliphatic carbocycles. The smallest absolute Gasteiger partial charge is 0.218 e. The monoisotopic (exact) mass is 310 g/mol. The molecule has 0 heterocycles. The lowest BCUT2D eigenvalue weighted by molar-refractivity contribution is 0.127. The van der Waals surface area contributed by atoms with Crippen LogP contribution in [0.1, 0.15) is 38.2 Å². The van der Waals surface area contributed by atoms with Gasteiger partial charge in [-0.25, -0.2) is 8.42 Å². The first-order valence-corrected chi connectivity index (χ1v) is 9.21. The van der Waals surface area contributed by atoms with Gasteiger partial charge in [0.05, 0.1) is 5.75 Å². The highest BCUT2D eigenvalue weighted by molar-refractivity contribution is 7.88. The highest BCUT2D eigenvalue weighted by Gasteiger charge is 2.42. The van der Waals surface area contributed by atoms with Gasteiger partial charge >= 0.3 is 0 Å². The number of hydrogen-bond donors (Lipinski definition) is 1. The van der Waals surface area contributed by atoms with Gasteiger partial charge in [0.2, 0.25) is 10.0 Å². The van der Waals surface area contributed by atoms with Gasteiger partial charge in [-0.15, -0.1) is 0 Å². The minimum Gasteiger partial charge on any atom is -0.329 e. The van der Waals surface area contributed by atoms with Crippen LogP contribution in [0, 0.1) is 5.92 Å². The summed E-state index contributed by atoms with van der Waals surface area (Å²) in [6.45, 7) is 2.57. The van der Waals surface area contributed by atoms with Crippen LogP contribution in [0.5, 0.6) is 0 Å². The Morgan fingerprint density at radius 3 is 2.57 bits per heavy atom. The molecule has 1 saturated carbocycles. The number of hydrogen-bond acceptors (Lipinski definition) is 3. The second-order valence-electron chi connectivity index (χ2n) is 6.34. The predicted octanol–water partition coefficient (Wildman–Crippen LogP) is 2.36. The van der Waals surface area contributed by atoms with E-state index in [1.807, 2.05) is 30.3 Å². The Bertz CT molecular complexity index is 559. The Balaban J connectivity index is 2.21. The molecule has 0 radical (unpaired) electrons. The molecule has 0 bridgehead atoms. The number of nitrogens with two attached hydrogens (primary N) is 1. The normalized spacial score (nSPS) is 27.0. The molecule has 2 atom stereocenters. The molecule has 21 heavy (non-hydrogen) atoms. The molecule has 0 saturated heterocycles. The molecular weight excluding hydrogens is 284 g/mol. The van der Waals surface area contributed by atoms with Gasteiger partial charge in [-0.2, -0.15) is 4.31 Å². The maximum absolute atomic E-state index is 12.7. The summed E-state index contributed by atoms with van der Waals surface area (Å²) in [5.41, 5.74) is 6.39. The molecule has 1 aliphatic rings. The lowest BCUT2D eigenvalue weighted by Crippen LogP contribution is -2.56. The average Bonchev–Trinajstić information content (AvgIpc) is 2.47. The van der Waals surface area contributed by atoms with Crippen LogP contribution in [0.2, 0.25) is 0 Å². The predicted molar refractivity (Wildman–Crippen MR) is 86.2 cm³/mol. The zero-order valence-electron chi connectivity index (χ0n) is 13.0. The van der Waals surface area contributed by atoms with Gasteiger partial charge in [0.25, 0.3) is 0 Å². The van der Waals surface area contributed by atoms with E-state index in [0.29, 0.717) is 12.5 Å². The van der Waals surface area contributed by atoms with Crippen molar-refractivity contribution in [2.75, 3.05) is 13.6 Å². The summed E-state index contributed by atoms with van der Waals surface area (Å²) < 4.78 is 27.0. The largest absolute Gasteiger partial charge is 0.329 e. The second-order valence-corrected chi connectivity index (χ2v) is 8.34. The first-order valence-electron chi connectivity index (χ1n) is 7.60. The van der Waals surface area contributed by atoms with E-state index in [2.05, 4.69) is 6.92 Å². The van der Waals surface area contributed by atoms with E-state index in [4.69, 9.17) is 5.73 Å². The highest BCUT2D eigenvalue weighted by Crippen LogP contribution is 2.37. The van der Waals surface area contributed by atoms with E-state index in [-0.39, 0.29) is 5.75 Å². The van der Waals surface area contributed by atoms with E-state index < -0.39 is 15.6 Å². The Morgan fingerprint density at radius 2 is 2.00 bits per heavy atom. The van der Waals surface area contributed by atoms with Gasteiger partial charge in [0.1, 0.15) is 0 Å². The van der Waals surface area contributed by atoms with Crippen molar-refractivity contribution < 1.29 is 8.42 Å². The first kappa shape index (κ1) is 16.5. The molecule has 1 fully saturated rings. The van der Waals surface area contributed by atoms with E-state index in [1.165, 1.54) is 0 Å². The molecule has 0 amide bonds. The molecule has 1 aromatic rings. The summed E-state index contributed by atoms with van der Waals surface area (Å²) in [7, 11) is -1.66. The summed E-state index contributed by atoms with van der Waals surface area (Å²) in [6, 6.07) is 9.33. The Labute approximate surface area is 128 Å². The van der Waals surface area contributed by atoms with Crippen LogP contribution in [0.4, 0.5) is 0 Å². The van der Waals surface area contributed by atoms with Gasteiger partial charge in [-0.3, -0.25) is 0 Å². The summed E-state index contributed by atoms with van der Waals surface area (Å²) in [4.78, 5) is 0. The SMILES string of the molecule is CC1CCCC(CN)(N(C)S(=O)(=O)Cc2ccccc2)C1. The molecule has 0 aliphatic heterocycles. The Morgan fingerprint density at radius 1 is 1.33 bits per heavy atom. The third-order valence-corrected chi connectivity index (χ3v) is 6.64. The number of benzene rings is 1. The van der Waals surface area contributed by atoms with Crippen LogP contribution in [0.25, 0.3) is 0 Å². The Hall–Kier alpha value is -0.910. The van der Waals surface area contributed by atoms with Crippen molar-refractivity contribution in [1.29, 1.82) is 0 Å². The summed E-state index contributed by atoms with van der Waals surface area (Å²) in [5.74, 6) is 0.567. The number of likely N-dealkylation sites (N-methyl/N-ethyl adjacent to an activating group) is 1. The fraction of sp³-hybridized carbons (Fsp3) is 0.625. The van der Waals surface area contributed by atoms with Gasteiger partial charge in [0, 0.05) is 19.1 Å². The van der Waals surface area contributed by atoms with E-state index >= 15 is 0 Å². The average molecular weight is 310 g/mol. The van der Waals surface area contributed by atoms with Gasteiger partial charge < -0.3 is 5.73 Å². The fourth-order valence-corrected chi connectivity index (χ4v) is 5.05. The number of nitrogens with zero attached hydrogens (tertiary/aromatic N) is 1. The lowest BCUT2D eigenvalue weighted by Gasteiger charge is -2.45. The molecule has 0 spiro atoms. The number of sulfonamides is 1. The van der Waals surface area contributed by atoms with Crippen molar-refractivity contribution in [3.63, 3.8) is 0 Å². The third-order valence-electron chi connectivity index (χ3n) is 4.72. The zero-order valence-corrected chi connectivity index (χ0v) is 13.8. The fourth-order valence-electron chi connectivity index (χ4n) is 3.41. The lowest BCUT2D eigenvalue weighted by atomic mass is 9.76. The molecule has 4 nitrogen and oxygen atoms in total. The maximum Gasteiger partial charge on any atom is 0.218 e. The summed E-state index contributed by atoms with van der Waals surface area (Å²) >= 11 is 0. The number of rotatable bonds is 5. The van der Waals surface area contributed by atoms with E-state index in [0.717, 1.165) is 31.2 Å².